The van der Waals surface area contributed by atoms with Gasteiger partial charge in [-0.2, -0.15) is 0 Å². The molecule has 3 aromatic carbocycles. The summed E-state index contributed by atoms with van der Waals surface area (Å²) in [6, 6.07) is 18.4. The number of amides is 1. The molecule has 1 unspecified atom stereocenters. The Morgan fingerprint density at radius 2 is 1.54 bits per heavy atom. The van der Waals surface area contributed by atoms with Crippen LogP contribution in [0.2, 0.25) is 0 Å². The van der Waals surface area contributed by atoms with E-state index in [1.54, 1.807) is 37.3 Å². The third kappa shape index (κ3) is 5.06. The molecule has 0 spiro atoms. The maximum Gasteiger partial charge on any atom is 0.391 e. The molecule has 5 aliphatic heterocycles. The van der Waals surface area contributed by atoms with Gasteiger partial charge >= 0.3 is 11.9 Å². The van der Waals surface area contributed by atoms with Crippen molar-refractivity contribution in [2.75, 3.05) is 45.8 Å². The molecule has 6 aliphatic rings. The molecule has 9 rings (SSSR count). The Morgan fingerprint density at radius 1 is 0.900 bits per heavy atom. The van der Waals surface area contributed by atoms with Crippen LogP contribution in [-0.4, -0.2) is 106 Å². The van der Waals surface area contributed by atoms with Gasteiger partial charge in [-0.05, 0) is 59.5 Å². The fourth-order valence-corrected chi connectivity index (χ4v) is 9.49. The molecule has 50 heavy (non-hydrogen) atoms. The second-order valence-electron chi connectivity index (χ2n) is 15.1. The van der Waals surface area contributed by atoms with Gasteiger partial charge in [0, 0.05) is 34.1 Å². The zero-order chi connectivity index (χ0) is 35.1. The van der Waals surface area contributed by atoms with Gasteiger partial charge in [0.25, 0.3) is 0 Å². The van der Waals surface area contributed by atoms with E-state index >= 15 is 0 Å². The van der Waals surface area contributed by atoms with Crippen molar-refractivity contribution in [3.8, 4) is 11.1 Å². The van der Waals surface area contributed by atoms with Gasteiger partial charge in [0.2, 0.25) is 5.70 Å². The molecule has 11 nitrogen and oxygen atoms in total. The summed E-state index contributed by atoms with van der Waals surface area (Å²) >= 11 is 0. The first-order valence-electron chi connectivity index (χ1n) is 17.5. The highest BCUT2D eigenvalue weighted by Gasteiger charge is 2.66. The van der Waals surface area contributed by atoms with Crippen LogP contribution in [0.25, 0.3) is 16.7 Å². The van der Waals surface area contributed by atoms with Crippen LogP contribution in [0.1, 0.15) is 46.5 Å². The van der Waals surface area contributed by atoms with Gasteiger partial charge in [-0.1, -0.05) is 37.3 Å². The molecule has 2 bridgehead atoms. The van der Waals surface area contributed by atoms with E-state index in [0.29, 0.717) is 34.5 Å². The molecule has 0 aromatic heterocycles. The van der Waals surface area contributed by atoms with Crippen LogP contribution in [0.15, 0.2) is 71.4 Å². The zero-order valence-electron chi connectivity index (χ0n) is 28.3. The van der Waals surface area contributed by atoms with Crippen molar-refractivity contribution in [1.82, 2.24) is 0 Å². The number of rotatable bonds is 9. The highest BCUT2D eigenvalue weighted by molar-refractivity contribution is 6.22. The highest BCUT2D eigenvalue weighted by Crippen LogP contribution is 2.43. The largest absolute Gasteiger partial charge is 0.858 e. The second-order valence-corrected chi connectivity index (χ2v) is 15.1. The van der Waals surface area contributed by atoms with E-state index < -0.39 is 18.0 Å². The van der Waals surface area contributed by atoms with Gasteiger partial charge < -0.3 is 29.4 Å². The van der Waals surface area contributed by atoms with Crippen LogP contribution in [0, 0.1) is 11.8 Å². The average molecular weight is 679 g/mol. The molecule has 5 heterocycles. The van der Waals surface area contributed by atoms with Crippen LogP contribution in [0.3, 0.4) is 0 Å². The SMILES string of the molecule is C[C@@H](O)[C@H]1C(=O)[NH+]2C(C(=O)O)=C(c3ccc4c(c3)C(=O)c3ccc(C[N+]56CC[N+](CC([O-])=Nc7ccc(CO)cc7)(CC5)CC6)cc3-4)[C@H](C)[C@H]12. The van der Waals surface area contributed by atoms with E-state index in [2.05, 4.69) is 11.1 Å². The number of piperazine rings is 3. The van der Waals surface area contributed by atoms with E-state index in [0.717, 1.165) is 77.0 Å². The van der Waals surface area contributed by atoms with Gasteiger partial charge in [-0.3, -0.25) is 9.79 Å². The number of aliphatic imine (C=N–C) groups is 1. The highest BCUT2D eigenvalue weighted by atomic mass is 16.4. The molecular formula is C39H42N4O7+2. The number of β-lactam (4-membered cyclic amide) rings is 1. The Labute approximate surface area is 290 Å². The molecule has 0 saturated carbocycles. The predicted molar refractivity (Wildman–Crippen MR) is 182 cm³/mol. The minimum absolute atomic E-state index is 0.0153. The monoisotopic (exact) mass is 678 g/mol. The van der Waals surface area contributed by atoms with E-state index in [9.17, 15) is 34.8 Å². The molecule has 3 aromatic rings. The third-order valence-electron chi connectivity index (χ3n) is 12.3. The summed E-state index contributed by atoms with van der Waals surface area (Å²) in [4.78, 5) is 43.6. The topological polar surface area (TPSA) is 152 Å². The molecule has 4 fully saturated rings. The summed E-state index contributed by atoms with van der Waals surface area (Å²) in [5, 5.41) is 42.6. The maximum absolute atomic E-state index is 13.7. The lowest BCUT2D eigenvalue weighted by molar-refractivity contribution is -1.08. The van der Waals surface area contributed by atoms with Gasteiger partial charge in [0.05, 0.1) is 18.4 Å². The number of carboxylic acid groups (broad SMARTS) is 1. The van der Waals surface area contributed by atoms with Gasteiger partial charge in [-0.25, -0.2) is 14.5 Å². The minimum Gasteiger partial charge on any atom is -0.858 e. The van der Waals surface area contributed by atoms with E-state index in [1.807, 2.05) is 31.2 Å². The quantitative estimate of drug-likeness (QED) is 0.0888. The normalized spacial score (nSPS) is 30.2. The number of benzene rings is 3. The predicted octanol–water partition coefficient (Wildman–Crippen LogP) is 0.878. The number of carbonyl (C=O) groups excluding carboxylic acids is 2. The molecule has 258 valence electrons. The van der Waals surface area contributed by atoms with Crippen molar-refractivity contribution >= 4 is 34.8 Å². The van der Waals surface area contributed by atoms with Gasteiger partial charge in [-0.15, -0.1) is 0 Å². The lowest BCUT2D eigenvalue weighted by Crippen LogP contribution is -3.25. The van der Waals surface area contributed by atoms with Crippen LogP contribution < -0.4 is 10.0 Å². The summed E-state index contributed by atoms with van der Waals surface area (Å²) in [6.07, 6.45) is -0.867. The van der Waals surface area contributed by atoms with Crippen LogP contribution in [0.5, 0.6) is 0 Å². The summed E-state index contributed by atoms with van der Waals surface area (Å²) in [5.41, 5.74) is 6.62. The lowest BCUT2D eigenvalue weighted by Gasteiger charge is -2.56. The van der Waals surface area contributed by atoms with E-state index in [4.69, 9.17) is 0 Å². The van der Waals surface area contributed by atoms with Crippen LogP contribution in [0.4, 0.5) is 5.69 Å². The summed E-state index contributed by atoms with van der Waals surface area (Å²) in [6.45, 7) is 10.3. The maximum atomic E-state index is 13.7. The van der Waals surface area contributed by atoms with Crippen molar-refractivity contribution in [3.63, 3.8) is 0 Å². The van der Waals surface area contributed by atoms with Crippen molar-refractivity contribution in [2.45, 2.75) is 39.1 Å². The minimum atomic E-state index is -1.16. The van der Waals surface area contributed by atoms with Crippen molar-refractivity contribution in [1.29, 1.82) is 0 Å². The number of quaternary nitrogens is 3. The van der Waals surface area contributed by atoms with E-state index in [1.165, 1.54) is 0 Å². The molecular weight excluding hydrogens is 636 g/mol. The number of nitrogens with one attached hydrogen (secondary N) is 1. The Bertz CT molecular complexity index is 1990. The molecule has 5 atom stereocenters. The number of carboxylic acids is 1. The zero-order valence-corrected chi connectivity index (χ0v) is 28.3. The third-order valence-corrected chi connectivity index (χ3v) is 12.3. The van der Waals surface area contributed by atoms with Crippen LogP contribution >= 0.6 is 0 Å². The van der Waals surface area contributed by atoms with E-state index in [-0.39, 0.29) is 46.8 Å². The number of aliphatic hydroxyl groups is 2. The Kier molecular flexibility index (Phi) is 7.70. The standard InChI is InChI=1S/C39H40N4O7/c1-22-33(36(39(49)50)41-35(22)34(23(2)45)38(41)48)26-6-10-28-30-17-25(5-9-29(30)37(47)31(28)18-26)19-42-11-14-43(15-12-42,16-13-42)20-32(46)40-27-7-3-24(21-44)4-8-27/h3-10,17-18,22-23,34-35,44-45H,11-16,19-21H2,1-2H3/p+2/t22-,23+,34+,35+,42?,43?/m0/s1. The number of aliphatic carboxylic acids is 1. The molecule has 4 N–H and O–H groups in total. The number of aliphatic hydroxyl groups excluding tert-OH is 2. The molecule has 1 aliphatic carbocycles. The van der Waals surface area contributed by atoms with Crippen LogP contribution in [-0.2, 0) is 22.7 Å². The first kappa shape index (κ1) is 32.7. The number of ketones is 1. The fraction of sp³-hybridized carbons (Fsp3) is 0.385. The Hall–Kier alpha value is -4.52. The number of hydrogen-bond donors (Lipinski definition) is 4. The first-order valence-corrected chi connectivity index (χ1v) is 17.5. The first-order chi connectivity index (χ1) is 23.9. The van der Waals surface area contributed by atoms with Gasteiger partial charge in [0.15, 0.2) is 11.7 Å². The summed E-state index contributed by atoms with van der Waals surface area (Å²) in [5.74, 6) is -2.57. The fourth-order valence-electron chi connectivity index (χ4n) is 9.49. The Morgan fingerprint density at radius 3 is 2.18 bits per heavy atom. The molecule has 0 radical (unpaired) electrons. The second kappa shape index (κ2) is 11.8. The Balaban J connectivity index is 0.996. The van der Waals surface area contributed by atoms with Crippen molar-refractivity contribution in [2.24, 2.45) is 16.8 Å². The van der Waals surface area contributed by atoms with Gasteiger partial charge in [0.1, 0.15) is 58.4 Å². The molecule has 1 amide bonds. The number of fused-ring (bicyclic) bond motifs is 7. The lowest BCUT2D eigenvalue weighted by atomic mass is 9.76. The summed E-state index contributed by atoms with van der Waals surface area (Å²) < 4.78 is 1.71. The molecule has 4 saturated heterocycles. The summed E-state index contributed by atoms with van der Waals surface area (Å²) in [7, 11) is 0. The average Bonchev–Trinajstić information content (AvgIpc) is 3.52. The number of nitrogens with zero attached hydrogens (tertiary/aromatic N) is 3. The van der Waals surface area contributed by atoms with Crippen molar-refractivity contribution < 1.29 is 48.7 Å². The molecule has 11 heteroatoms. The smallest absolute Gasteiger partial charge is 0.391 e. The number of carbonyl (C=O) groups is 3. The van der Waals surface area contributed by atoms with Crippen molar-refractivity contribution in [3.05, 3.63) is 94.2 Å². The number of hydrogen-bond acceptors (Lipinski definition) is 7.